The molecule has 1 heterocycles. The van der Waals surface area contributed by atoms with Crippen molar-refractivity contribution in [2.24, 2.45) is 0 Å². The van der Waals surface area contributed by atoms with E-state index in [1.807, 2.05) is 13.8 Å². The number of carbonyl (C=O) groups is 3. The van der Waals surface area contributed by atoms with Crippen LogP contribution in [0.15, 0.2) is 48.5 Å². The summed E-state index contributed by atoms with van der Waals surface area (Å²) in [6.45, 7) is 4.28. The number of benzene rings is 2. The van der Waals surface area contributed by atoms with Crippen LogP contribution in [0.3, 0.4) is 0 Å². The summed E-state index contributed by atoms with van der Waals surface area (Å²) >= 11 is 0. The van der Waals surface area contributed by atoms with Crippen molar-refractivity contribution >= 4 is 23.4 Å². The van der Waals surface area contributed by atoms with Gasteiger partial charge in [-0.1, -0.05) is 6.07 Å². The third-order valence-corrected chi connectivity index (χ3v) is 4.72. The zero-order valence-electron chi connectivity index (χ0n) is 16.4. The van der Waals surface area contributed by atoms with Crippen LogP contribution >= 0.6 is 0 Å². The Hall–Kier alpha value is -3.22. The third kappa shape index (κ3) is 4.99. The van der Waals surface area contributed by atoms with E-state index >= 15 is 0 Å². The quantitative estimate of drug-likeness (QED) is 0.813. The van der Waals surface area contributed by atoms with Crippen molar-refractivity contribution in [3.8, 4) is 0 Å². The molecule has 0 spiro atoms. The predicted molar refractivity (Wildman–Crippen MR) is 108 cm³/mol. The van der Waals surface area contributed by atoms with E-state index in [-0.39, 0.29) is 17.9 Å². The van der Waals surface area contributed by atoms with Crippen molar-refractivity contribution in [3.05, 3.63) is 65.5 Å². The van der Waals surface area contributed by atoms with E-state index in [1.54, 1.807) is 29.2 Å². The Labute approximate surface area is 169 Å². The Kier molecular flexibility index (Phi) is 6.26. The van der Waals surface area contributed by atoms with Crippen molar-refractivity contribution in [1.29, 1.82) is 0 Å². The van der Waals surface area contributed by atoms with E-state index in [2.05, 4.69) is 10.6 Å². The van der Waals surface area contributed by atoms with Gasteiger partial charge >= 0.3 is 0 Å². The molecule has 2 N–H and O–H groups in total. The van der Waals surface area contributed by atoms with Gasteiger partial charge in [-0.15, -0.1) is 0 Å². The Bertz CT molecular complexity index is 912. The second-order valence-corrected chi connectivity index (χ2v) is 7.36. The molecule has 3 amide bonds. The molecule has 152 valence electrons. The fourth-order valence-electron chi connectivity index (χ4n) is 3.36. The summed E-state index contributed by atoms with van der Waals surface area (Å²) in [5.41, 5.74) is 1.16. The maximum atomic E-state index is 13.0. The first-order chi connectivity index (χ1) is 13.8. The molecule has 0 aliphatic carbocycles. The lowest BCUT2D eigenvalue weighted by Gasteiger charge is -2.25. The third-order valence-electron chi connectivity index (χ3n) is 4.72. The Morgan fingerprint density at radius 2 is 1.79 bits per heavy atom. The summed E-state index contributed by atoms with van der Waals surface area (Å²) in [7, 11) is 0. The lowest BCUT2D eigenvalue weighted by molar-refractivity contribution is -0.125. The van der Waals surface area contributed by atoms with E-state index in [0.29, 0.717) is 29.8 Å². The molecule has 1 saturated heterocycles. The number of carbonyl (C=O) groups excluding carboxylic acids is 3. The molecule has 29 heavy (non-hydrogen) atoms. The van der Waals surface area contributed by atoms with E-state index in [1.165, 1.54) is 24.3 Å². The number of nitrogens with zero attached hydrogens (tertiary/aromatic N) is 1. The molecule has 0 saturated carbocycles. The predicted octanol–water partition coefficient (Wildman–Crippen LogP) is 3.21. The minimum Gasteiger partial charge on any atom is -0.352 e. The summed E-state index contributed by atoms with van der Waals surface area (Å²) in [5.74, 6) is -1.21. The largest absolute Gasteiger partial charge is 0.352 e. The van der Waals surface area contributed by atoms with E-state index in [9.17, 15) is 18.8 Å². The number of likely N-dealkylation sites (tertiary alicyclic amines) is 1. The van der Waals surface area contributed by atoms with Gasteiger partial charge in [-0.05, 0) is 69.2 Å². The molecule has 1 aliphatic rings. The topological polar surface area (TPSA) is 78.5 Å². The molecular formula is C22H24FN3O3. The highest BCUT2D eigenvalue weighted by Gasteiger charge is 2.34. The zero-order chi connectivity index (χ0) is 21.0. The summed E-state index contributed by atoms with van der Waals surface area (Å²) in [6, 6.07) is 11.3. The molecule has 6 nitrogen and oxygen atoms in total. The summed E-state index contributed by atoms with van der Waals surface area (Å²) in [6.07, 6.45) is 1.40. The molecule has 2 aromatic rings. The van der Waals surface area contributed by atoms with Crippen molar-refractivity contribution in [2.75, 3.05) is 11.9 Å². The molecule has 0 aromatic heterocycles. The molecule has 0 radical (unpaired) electrons. The minimum atomic E-state index is -0.484. The van der Waals surface area contributed by atoms with E-state index in [0.717, 1.165) is 6.42 Å². The SMILES string of the molecule is CC(C)NC(=O)C1CCCN1C(=O)c1cccc(NC(=O)c2ccc(F)cc2)c1. The smallest absolute Gasteiger partial charge is 0.255 e. The minimum absolute atomic E-state index is 0.00468. The van der Waals surface area contributed by atoms with Crippen molar-refractivity contribution in [1.82, 2.24) is 10.2 Å². The standard InChI is InChI=1S/C22H24FN3O3/c1-14(2)24-21(28)19-7-4-12-26(19)22(29)16-5-3-6-18(13-16)25-20(27)15-8-10-17(23)11-9-15/h3,5-6,8-11,13-14,19H,4,7,12H2,1-2H3,(H,24,28)(H,25,27). The zero-order valence-corrected chi connectivity index (χ0v) is 16.4. The fourth-order valence-corrected chi connectivity index (χ4v) is 3.36. The van der Waals surface area contributed by atoms with Crippen LogP contribution in [0.5, 0.6) is 0 Å². The van der Waals surface area contributed by atoms with Crippen LogP contribution in [-0.4, -0.2) is 41.2 Å². The number of hydrogen-bond donors (Lipinski definition) is 2. The van der Waals surface area contributed by atoms with Crippen molar-refractivity contribution < 1.29 is 18.8 Å². The Morgan fingerprint density at radius 3 is 2.48 bits per heavy atom. The number of amides is 3. The van der Waals surface area contributed by atoms with Gasteiger partial charge < -0.3 is 15.5 Å². The summed E-state index contributed by atoms with van der Waals surface area (Å²) < 4.78 is 13.0. The van der Waals surface area contributed by atoms with Crippen LogP contribution in [0.2, 0.25) is 0 Å². The number of anilines is 1. The average molecular weight is 397 g/mol. The fraction of sp³-hybridized carbons (Fsp3) is 0.318. The van der Waals surface area contributed by atoms with Gasteiger partial charge in [0.25, 0.3) is 11.8 Å². The summed E-state index contributed by atoms with van der Waals surface area (Å²) in [4.78, 5) is 39.3. The first kappa shape index (κ1) is 20.5. The molecular weight excluding hydrogens is 373 g/mol. The average Bonchev–Trinajstić information content (AvgIpc) is 3.17. The Balaban J connectivity index is 1.73. The molecule has 1 fully saturated rings. The van der Waals surface area contributed by atoms with Gasteiger partial charge in [0, 0.05) is 29.4 Å². The molecule has 1 aliphatic heterocycles. The highest BCUT2D eigenvalue weighted by atomic mass is 19.1. The number of rotatable bonds is 5. The molecule has 1 unspecified atom stereocenters. The second-order valence-electron chi connectivity index (χ2n) is 7.36. The van der Waals surface area contributed by atoms with Gasteiger partial charge in [-0.3, -0.25) is 14.4 Å². The maximum Gasteiger partial charge on any atom is 0.255 e. The van der Waals surface area contributed by atoms with Crippen LogP contribution in [-0.2, 0) is 4.79 Å². The number of halogens is 1. The second kappa shape index (κ2) is 8.86. The van der Waals surface area contributed by atoms with Gasteiger partial charge in [0.15, 0.2) is 0 Å². The van der Waals surface area contributed by atoms with Crippen LogP contribution in [0.4, 0.5) is 10.1 Å². The van der Waals surface area contributed by atoms with Crippen LogP contribution in [0.25, 0.3) is 0 Å². The van der Waals surface area contributed by atoms with Gasteiger partial charge in [-0.2, -0.15) is 0 Å². The van der Waals surface area contributed by atoms with Gasteiger partial charge in [0.05, 0.1) is 0 Å². The normalized spacial score (nSPS) is 16.0. The van der Waals surface area contributed by atoms with Gasteiger partial charge in [0.1, 0.15) is 11.9 Å². The number of hydrogen-bond acceptors (Lipinski definition) is 3. The Morgan fingerprint density at radius 1 is 1.07 bits per heavy atom. The lowest BCUT2D eigenvalue weighted by Crippen LogP contribution is -2.47. The van der Waals surface area contributed by atoms with E-state index < -0.39 is 17.8 Å². The molecule has 3 rings (SSSR count). The molecule has 2 aromatic carbocycles. The number of nitrogens with one attached hydrogen (secondary N) is 2. The van der Waals surface area contributed by atoms with E-state index in [4.69, 9.17) is 0 Å². The first-order valence-corrected chi connectivity index (χ1v) is 9.63. The molecule has 7 heteroatoms. The molecule has 1 atom stereocenters. The van der Waals surface area contributed by atoms with Crippen molar-refractivity contribution in [2.45, 2.75) is 38.8 Å². The van der Waals surface area contributed by atoms with Crippen LogP contribution in [0, 0.1) is 5.82 Å². The highest BCUT2D eigenvalue weighted by molar-refractivity contribution is 6.05. The van der Waals surface area contributed by atoms with Crippen molar-refractivity contribution in [3.63, 3.8) is 0 Å². The maximum absolute atomic E-state index is 13.0. The monoisotopic (exact) mass is 397 g/mol. The van der Waals surface area contributed by atoms with Gasteiger partial charge in [-0.25, -0.2) is 4.39 Å². The lowest BCUT2D eigenvalue weighted by atomic mass is 10.1. The first-order valence-electron chi connectivity index (χ1n) is 9.63. The van der Waals surface area contributed by atoms with Crippen LogP contribution in [0.1, 0.15) is 47.4 Å². The van der Waals surface area contributed by atoms with Crippen LogP contribution < -0.4 is 10.6 Å². The highest BCUT2D eigenvalue weighted by Crippen LogP contribution is 2.22. The summed E-state index contributed by atoms with van der Waals surface area (Å²) in [5, 5.41) is 5.58. The molecule has 0 bridgehead atoms. The van der Waals surface area contributed by atoms with Gasteiger partial charge in [0.2, 0.25) is 5.91 Å².